The summed E-state index contributed by atoms with van der Waals surface area (Å²) in [6.07, 6.45) is 4.24. The summed E-state index contributed by atoms with van der Waals surface area (Å²) in [6, 6.07) is 10.7. The van der Waals surface area contributed by atoms with Crippen LogP contribution in [0.2, 0.25) is 0 Å². The highest BCUT2D eigenvalue weighted by molar-refractivity contribution is 5.91. The molecule has 0 saturated heterocycles. The van der Waals surface area contributed by atoms with Gasteiger partial charge in [0.2, 0.25) is 0 Å². The largest absolute Gasteiger partial charge is 0.484 e. The normalized spacial score (nSPS) is 10.2. The SMILES string of the molecule is O=C(COc1ccccc1)Nc1cc(-n2cncn2)ncn1. The summed E-state index contributed by atoms with van der Waals surface area (Å²) in [4.78, 5) is 23.7. The van der Waals surface area contributed by atoms with E-state index >= 15 is 0 Å². The average Bonchev–Trinajstić information content (AvgIpc) is 3.09. The third-order valence-corrected chi connectivity index (χ3v) is 2.69. The summed E-state index contributed by atoms with van der Waals surface area (Å²) in [5, 5.41) is 6.60. The Morgan fingerprint density at radius 3 is 2.82 bits per heavy atom. The Morgan fingerprint density at radius 2 is 2.05 bits per heavy atom. The van der Waals surface area contributed by atoms with Gasteiger partial charge in [-0.3, -0.25) is 4.79 Å². The predicted octanol–water partition coefficient (Wildman–Crippen LogP) is 1.07. The Morgan fingerprint density at radius 1 is 1.18 bits per heavy atom. The summed E-state index contributed by atoms with van der Waals surface area (Å²) < 4.78 is 6.83. The maximum absolute atomic E-state index is 11.9. The van der Waals surface area contributed by atoms with Gasteiger partial charge in [0.1, 0.15) is 30.5 Å². The Hall–Kier alpha value is -3.29. The number of carbonyl (C=O) groups excluding carboxylic acids is 1. The zero-order chi connectivity index (χ0) is 15.2. The molecule has 3 rings (SSSR count). The van der Waals surface area contributed by atoms with E-state index in [0.29, 0.717) is 17.4 Å². The molecule has 0 saturated carbocycles. The lowest BCUT2D eigenvalue weighted by atomic mass is 10.3. The number of ether oxygens (including phenoxy) is 1. The van der Waals surface area contributed by atoms with Crippen molar-refractivity contribution in [3.63, 3.8) is 0 Å². The fraction of sp³-hybridized carbons (Fsp3) is 0.0714. The molecule has 0 aliphatic heterocycles. The van der Waals surface area contributed by atoms with E-state index in [1.54, 1.807) is 18.2 Å². The van der Waals surface area contributed by atoms with Gasteiger partial charge in [0.15, 0.2) is 12.4 Å². The minimum atomic E-state index is -0.313. The molecule has 0 fully saturated rings. The molecule has 2 heterocycles. The number of amides is 1. The van der Waals surface area contributed by atoms with Crippen molar-refractivity contribution < 1.29 is 9.53 Å². The van der Waals surface area contributed by atoms with Crippen molar-refractivity contribution in [2.24, 2.45) is 0 Å². The van der Waals surface area contributed by atoms with Crippen molar-refractivity contribution in [1.29, 1.82) is 0 Å². The van der Waals surface area contributed by atoms with Crippen LogP contribution in [0.15, 0.2) is 55.4 Å². The lowest BCUT2D eigenvalue weighted by Crippen LogP contribution is -2.21. The van der Waals surface area contributed by atoms with Crippen LogP contribution in [-0.4, -0.2) is 37.2 Å². The first-order valence-corrected chi connectivity index (χ1v) is 6.46. The number of nitrogens with zero attached hydrogens (tertiary/aromatic N) is 5. The maximum atomic E-state index is 11.9. The lowest BCUT2D eigenvalue weighted by molar-refractivity contribution is -0.118. The lowest BCUT2D eigenvalue weighted by Gasteiger charge is -2.07. The Kier molecular flexibility index (Phi) is 4.01. The van der Waals surface area contributed by atoms with Gasteiger partial charge in [-0.2, -0.15) is 5.10 Å². The van der Waals surface area contributed by atoms with Crippen molar-refractivity contribution in [2.45, 2.75) is 0 Å². The second kappa shape index (κ2) is 6.44. The molecule has 0 aliphatic rings. The summed E-state index contributed by atoms with van der Waals surface area (Å²) in [6.45, 7) is -0.104. The van der Waals surface area contributed by atoms with E-state index in [2.05, 4.69) is 25.4 Å². The van der Waals surface area contributed by atoms with E-state index < -0.39 is 0 Å². The van der Waals surface area contributed by atoms with Crippen molar-refractivity contribution in [3.05, 3.63) is 55.4 Å². The first-order chi connectivity index (χ1) is 10.8. The highest BCUT2D eigenvalue weighted by atomic mass is 16.5. The molecular weight excluding hydrogens is 284 g/mol. The first-order valence-electron chi connectivity index (χ1n) is 6.46. The number of hydrogen-bond acceptors (Lipinski definition) is 6. The van der Waals surface area contributed by atoms with Crippen molar-refractivity contribution in [1.82, 2.24) is 24.7 Å². The second-order valence-electron chi connectivity index (χ2n) is 4.25. The van der Waals surface area contributed by atoms with Crippen LogP contribution in [0.5, 0.6) is 5.75 Å². The fourth-order valence-corrected chi connectivity index (χ4v) is 1.71. The molecule has 1 amide bonds. The van der Waals surface area contributed by atoms with Crippen molar-refractivity contribution in [3.8, 4) is 11.6 Å². The third-order valence-electron chi connectivity index (χ3n) is 2.69. The Bertz CT molecular complexity index is 745. The van der Waals surface area contributed by atoms with E-state index in [-0.39, 0.29) is 12.5 Å². The number of benzene rings is 1. The molecule has 0 spiro atoms. The molecular formula is C14H12N6O2. The van der Waals surface area contributed by atoms with Crippen LogP contribution in [-0.2, 0) is 4.79 Å². The van der Waals surface area contributed by atoms with Crippen molar-refractivity contribution in [2.75, 3.05) is 11.9 Å². The highest BCUT2D eigenvalue weighted by Gasteiger charge is 2.07. The molecule has 1 aromatic carbocycles. The average molecular weight is 296 g/mol. The molecule has 22 heavy (non-hydrogen) atoms. The number of carbonyl (C=O) groups is 1. The van der Waals surface area contributed by atoms with Gasteiger partial charge in [-0.15, -0.1) is 0 Å². The summed E-state index contributed by atoms with van der Waals surface area (Å²) in [5.41, 5.74) is 0. The van der Waals surface area contributed by atoms with Gasteiger partial charge in [0.05, 0.1) is 0 Å². The van der Waals surface area contributed by atoms with Crippen LogP contribution < -0.4 is 10.1 Å². The molecule has 0 radical (unpaired) electrons. The minimum absolute atomic E-state index is 0.104. The number of para-hydroxylation sites is 1. The topological polar surface area (TPSA) is 94.8 Å². The molecule has 1 N–H and O–H groups in total. The monoisotopic (exact) mass is 296 g/mol. The predicted molar refractivity (Wildman–Crippen MR) is 77.5 cm³/mol. The summed E-state index contributed by atoms with van der Waals surface area (Å²) in [7, 11) is 0. The van der Waals surface area contributed by atoms with Gasteiger partial charge < -0.3 is 10.1 Å². The Balaban J connectivity index is 1.61. The molecule has 8 heteroatoms. The first kappa shape index (κ1) is 13.7. The molecule has 8 nitrogen and oxygen atoms in total. The van der Waals surface area contributed by atoms with Crippen molar-refractivity contribution >= 4 is 11.7 Å². The minimum Gasteiger partial charge on any atom is -0.484 e. The van der Waals surface area contributed by atoms with Crippen LogP contribution in [0.4, 0.5) is 5.82 Å². The van der Waals surface area contributed by atoms with E-state index in [4.69, 9.17) is 4.74 Å². The van der Waals surface area contributed by atoms with Crippen LogP contribution in [0.25, 0.3) is 5.82 Å². The van der Waals surface area contributed by atoms with Gasteiger partial charge in [0, 0.05) is 6.07 Å². The van der Waals surface area contributed by atoms with E-state index in [9.17, 15) is 4.79 Å². The third kappa shape index (κ3) is 3.42. The number of nitrogens with one attached hydrogen (secondary N) is 1. The van der Waals surface area contributed by atoms with Gasteiger partial charge in [-0.1, -0.05) is 18.2 Å². The molecule has 2 aromatic heterocycles. The molecule has 0 atom stereocenters. The van der Waals surface area contributed by atoms with Crippen LogP contribution in [0, 0.1) is 0 Å². The second-order valence-corrected chi connectivity index (χ2v) is 4.25. The quantitative estimate of drug-likeness (QED) is 0.757. The van der Waals surface area contributed by atoms with Crippen LogP contribution in [0.1, 0.15) is 0 Å². The van der Waals surface area contributed by atoms with Gasteiger partial charge in [-0.25, -0.2) is 19.6 Å². The maximum Gasteiger partial charge on any atom is 0.263 e. The fourth-order valence-electron chi connectivity index (χ4n) is 1.71. The van der Waals surface area contributed by atoms with E-state index in [0.717, 1.165) is 0 Å². The zero-order valence-electron chi connectivity index (χ0n) is 11.5. The number of rotatable bonds is 5. The van der Waals surface area contributed by atoms with Crippen LogP contribution >= 0.6 is 0 Å². The number of aromatic nitrogens is 5. The molecule has 0 aliphatic carbocycles. The highest BCUT2D eigenvalue weighted by Crippen LogP contribution is 2.09. The van der Waals surface area contributed by atoms with E-state index in [1.807, 2.05) is 18.2 Å². The smallest absolute Gasteiger partial charge is 0.263 e. The zero-order valence-corrected chi connectivity index (χ0v) is 11.5. The van der Waals surface area contributed by atoms with Gasteiger partial charge in [0.25, 0.3) is 5.91 Å². The number of hydrogen-bond donors (Lipinski definition) is 1. The Labute approximate surface area is 125 Å². The molecule has 0 bridgehead atoms. The number of anilines is 1. The van der Waals surface area contributed by atoms with E-state index in [1.165, 1.54) is 23.7 Å². The summed E-state index contributed by atoms with van der Waals surface area (Å²) in [5.74, 6) is 1.18. The summed E-state index contributed by atoms with van der Waals surface area (Å²) >= 11 is 0. The molecule has 0 unspecified atom stereocenters. The molecule has 3 aromatic rings. The van der Waals surface area contributed by atoms with Gasteiger partial charge in [-0.05, 0) is 12.1 Å². The van der Waals surface area contributed by atoms with Crippen LogP contribution in [0.3, 0.4) is 0 Å². The standard InChI is InChI=1S/C14H12N6O2/c21-14(7-22-11-4-2-1-3-5-11)19-12-6-13(17-9-16-12)20-10-15-8-18-20/h1-6,8-10H,7H2,(H,16,17,19,21). The van der Waals surface area contributed by atoms with Gasteiger partial charge >= 0.3 is 0 Å². The molecule has 110 valence electrons.